The number of para-hydroxylation sites is 4. The molecule has 0 spiro atoms. The molecule has 118 valence electrons. The molecule has 0 aliphatic heterocycles. The summed E-state index contributed by atoms with van der Waals surface area (Å²) < 4.78 is 16.3. The lowest BCUT2D eigenvalue weighted by Crippen LogP contribution is -2.14. The second-order valence-electron chi connectivity index (χ2n) is 4.60. The maximum Gasteiger partial charge on any atom is 0.332 e. The first-order valence-corrected chi connectivity index (χ1v) is 7.64. The van der Waals surface area contributed by atoms with E-state index in [4.69, 9.17) is 9.47 Å². The lowest BCUT2D eigenvalue weighted by atomic mass is 10.3. The average Bonchev–Trinajstić information content (AvgIpc) is 2.95. The monoisotopic (exact) mass is 329 g/mol. The summed E-state index contributed by atoms with van der Waals surface area (Å²) in [6, 6.07) is 14.7. The molecule has 1 N–H and O–H groups in total. The Labute approximate surface area is 137 Å². The molecule has 0 bridgehead atoms. The summed E-state index contributed by atoms with van der Waals surface area (Å²) in [5, 5.41) is 3.14. The largest absolute Gasteiger partial charge is 0.495 e. The maximum atomic E-state index is 12.2. The van der Waals surface area contributed by atoms with E-state index in [0.717, 1.165) is 17.2 Å². The van der Waals surface area contributed by atoms with Crippen LogP contribution in [0.4, 0.5) is 11.6 Å². The number of aromatic nitrogens is 2. The van der Waals surface area contributed by atoms with E-state index in [0.29, 0.717) is 23.1 Å². The summed E-state index contributed by atoms with van der Waals surface area (Å²) >= 11 is 0.876. The van der Waals surface area contributed by atoms with Crippen molar-refractivity contribution in [3.05, 3.63) is 58.2 Å². The molecule has 3 aromatic rings. The second-order valence-corrected chi connectivity index (χ2v) is 5.32. The zero-order valence-corrected chi connectivity index (χ0v) is 13.5. The van der Waals surface area contributed by atoms with Gasteiger partial charge in [0.15, 0.2) is 0 Å². The van der Waals surface area contributed by atoms with Crippen molar-refractivity contribution >= 4 is 23.2 Å². The first kappa shape index (κ1) is 15.1. The number of ether oxygens (including phenoxy) is 2. The van der Waals surface area contributed by atoms with Crippen molar-refractivity contribution in [1.29, 1.82) is 0 Å². The van der Waals surface area contributed by atoms with Gasteiger partial charge in [-0.3, -0.25) is 4.79 Å². The molecule has 3 rings (SSSR count). The molecule has 1 heterocycles. The molecule has 0 atom stereocenters. The molecule has 6 nitrogen and oxygen atoms in total. The first-order chi connectivity index (χ1) is 11.2. The quantitative estimate of drug-likeness (QED) is 0.779. The van der Waals surface area contributed by atoms with E-state index in [1.54, 1.807) is 20.3 Å². The standard InChI is InChI=1S/C16H15N3O3S/c1-21-13-9-5-3-7-11(13)17-15-18-23-16(20)19(15)12-8-4-6-10-14(12)22-2/h3-10H,1-2H3,(H,17,18). The number of benzene rings is 2. The van der Waals surface area contributed by atoms with Gasteiger partial charge in [-0.1, -0.05) is 24.3 Å². The van der Waals surface area contributed by atoms with Crippen LogP contribution in [0, 0.1) is 0 Å². The summed E-state index contributed by atoms with van der Waals surface area (Å²) in [6.45, 7) is 0. The van der Waals surface area contributed by atoms with Crippen LogP contribution in [0.1, 0.15) is 0 Å². The Morgan fingerprint density at radius 2 is 1.65 bits per heavy atom. The minimum Gasteiger partial charge on any atom is -0.495 e. The highest BCUT2D eigenvalue weighted by atomic mass is 32.1. The van der Waals surface area contributed by atoms with Crippen LogP contribution < -0.4 is 19.7 Å². The Morgan fingerprint density at radius 3 is 2.39 bits per heavy atom. The highest BCUT2D eigenvalue weighted by Gasteiger charge is 2.15. The first-order valence-electron chi connectivity index (χ1n) is 6.86. The number of hydrogen-bond donors (Lipinski definition) is 1. The van der Waals surface area contributed by atoms with E-state index in [2.05, 4.69) is 9.69 Å². The van der Waals surface area contributed by atoms with Gasteiger partial charge >= 0.3 is 4.87 Å². The van der Waals surface area contributed by atoms with Crippen molar-refractivity contribution in [3.8, 4) is 17.2 Å². The van der Waals surface area contributed by atoms with Gasteiger partial charge in [0.1, 0.15) is 11.5 Å². The molecular formula is C16H15N3O3S. The van der Waals surface area contributed by atoms with Crippen LogP contribution in [0.15, 0.2) is 53.3 Å². The van der Waals surface area contributed by atoms with Gasteiger partial charge < -0.3 is 14.8 Å². The van der Waals surface area contributed by atoms with E-state index in [-0.39, 0.29) is 4.87 Å². The maximum absolute atomic E-state index is 12.2. The number of hydrogen-bond acceptors (Lipinski definition) is 6. The van der Waals surface area contributed by atoms with Gasteiger partial charge in [0.05, 0.1) is 25.6 Å². The van der Waals surface area contributed by atoms with Crippen LogP contribution in [0.5, 0.6) is 11.5 Å². The zero-order valence-electron chi connectivity index (χ0n) is 12.6. The molecular weight excluding hydrogens is 314 g/mol. The number of rotatable bonds is 5. The van der Waals surface area contributed by atoms with Crippen molar-refractivity contribution in [3.63, 3.8) is 0 Å². The van der Waals surface area contributed by atoms with E-state index in [9.17, 15) is 4.79 Å². The number of nitrogens with one attached hydrogen (secondary N) is 1. The molecule has 0 saturated heterocycles. The fourth-order valence-corrected chi connectivity index (χ4v) is 2.78. The Hall–Kier alpha value is -2.80. The fourth-order valence-electron chi connectivity index (χ4n) is 2.22. The second kappa shape index (κ2) is 6.53. The minimum absolute atomic E-state index is 0.202. The summed E-state index contributed by atoms with van der Waals surface area (Å²) in [5.74, 6) is 1.67. The van der Waals surface area contributed by atoms with E-state index in [1.807, 2.05) is 42.5 Å². The van der Waals surface area contributed by atoms with Crippen LogP contribution in [-0.4, -0.2) is 23.2 Å². The number of anilines is 2. The van der Waals surface area contributed by atoms with E-state index in [1.165, 1.54) is 4.57 Å². The smallest absolute Gasteiger partial charge is 0.332 e. The molecule has 2 aromatic carbocycles. The van der Waals surface area contributed by atoms with E-state index >= 15 is 0 Å². The van der Waals surface area contributed by atoms with Gasteiger partial charge in [0.2, 0.25) is 5.95 Å². The van der Waals surface area contributed by atoms with Crippen molar-refractivity contribution in [2.75, 3.05) is 19.5 Å². The van der Waals surface area contributed by atoms with Crippen LogP contribution >= 0.6 is 11.5 Å². The SMILES string of the molecule is COc1ccccc1Nc1nsc(=O)n1-c1ccccc1OC. The summed E-state index contributed by atoms with van der Waals surface area (Å²) in [4.78, 5) is 12.0. The Kier molecular flexibility index (Phi) is 4.29. The molecule has 23 heavy (non-hydrogen) atoms. The van der Waals surface area contributed by atoms with E-state index < -0.39 is 0 Å². The van der Waals surface area contributed by atoms with Crippen molar-refractivity contribution in [1.82, 2.24) is 8.94 Å². The van der Waals surface area contributed by atoms with Crippen LogP contribution in [0.3, 0.4) is 0 Å². The molecule has 0 fully saturated rings. The third-order valence-corrected chi connectivity index (χ3v) is 3.89. The third-order valence-electron chi connectivity index (χ3n) is 3.28. The topological polar surface area (TPSA) is 65.4 Å². The molecule has 0 aliphatic rings. The lowest BCUT2D eigenvalue weighted by Gasteiger charge is -2.13. The van der Waals surface area contributed by atoms with Gasteiger partial charge in [-0.2, -0.15) is 4.37 Å². The Morgan fingerprint density at radius 1 is 1.00 bits per heavy atom. The predicted octanol–water partition coefficient (Wildman–Crippen LogP) is 3.05. The van der Waals surface area contributed by atoms with Crippen molar-refractivity contribution in [2.45, 2.75) is 0 Å². The van der Waals surface area contributed by atoms with Gasteiger partial charge in [-0.25, -0.2) is 4.57 Å². The van der Waals surface area contributed by atoms with Crippen LogP contribution in [-0.2, 0) is 0 Å². The number of nitrogens with zero attached hydrogens (tertiary/aromatic N) is 2. The Bertz CT molecular complexity index is 873. The minimum atomic E-state index is -0.202. The fraction of sp³-hybridized carbons (Fsp3) is 0.125. The van der Waals surface area contributed by atoms with Gasteiger partial charge in [-0.15, -0.1) is 0 Å². The van der Waals surface area contributed by atoms with Gasteiger partial charge in [0, 0.05) is 11.5 Å². The summed E-state index contributed by atoms with van der Waals surface area (Å²) in [5.41, 5.74) is 1.36. The molecule has 0 amide bonds. The zero-order chi connectivity index (χ0) is 16.2. The van der Waals surface area contributed by atoms with Crippen LogP contribution in [0.25, 0.3) is 5.69 Å². The summed E-state index contributed by atoms with van der Waals surface area (Å²) in [7, 11) is 3.16. The lowest BCUT2D eigenvalue weighted by molar-refractivity contribution is 0.412. The van der Waals surface area contributed by atoms with Gasteiger partial charge in [0.25, 0.3) is 0 Å². The molecule has 7 heteroatoms. The van der Waals surface area contributed by atoms with Crippen molar-refractivity contribution < 1.29 is 9.47 Å². The average molecular weight is 329 g/mol. The molecule has 0 unspecified atom stereocenters. The highest BCUT2D eigenvalue weighted by Crippen LogP contribution is 2.29. The molecule has 0 aliphatic carbocycles. The normalized spacial score (nSPS) is 10.3. The molecule has 1 aromatic heterocycles. The van der Waals surface area contributed by atoms with Crippen LogP contribution in [0.2, 0.25) is 0 Å². The molecule has 0 radical (unpaired) electrons. The summed E-state index contributed by atoms with van der Waals surface area (Å²) in [6.07, 6.45) is 0. The third kappa shape index (κ3) is 2.91. The Balaban J connectivity index is 2.08. The van der Waals surface area contributed by atoms with Gasteiger partial charge in [-0.05, 0) is 24.3 Å². The number of methoxy groups -OCH3 is 2. The predicted molar refractivity (Wildman–Crippen MR) is 90.5 cm³/mol. The highest BCUT2D eigenvalue weighted by molar-refractivity contribution is 7.03. The van der Waals surface area contributed by atoms with Crippen molar-refractivity contribution in [2.24, 2.45) is 0 Å². The molecule has 0 saturated carbocycles.